The molecule has 5 heteroatoms. The lowest BCUT2D eigenvalue weighted by Gasteiger charge is -2.29. The molecule has 2 aliphatic heterocycles. The van der Waals surface area contributed by atoms with Crippen molar-refractivity contribution in [2.75, 3.05) is 13.2 Å². The van der Waals surface area contributed by atoms with Crippen LogP contribution in [0.5, 0.6) is 5.75 Å². The maximum Gasteiger partial charge on any atom is 0.226 e. The number of nitrogens with zero attached hydrogens (tertiary/aromatic N) is 2. The van der Waals surface area contributed by atoms with Gasteiger partial charge in [0.2, 0.25) is 5.91 Å². The zero-order valence-corrected chi connectivity index (χ0v) is 12.4. The van der Waals surface area contributed by atoms with Gasteiger partial charge in [-0.1, -0.05) is 18.2 Å². The fraction of sp³-hybridized carbons (Fsp3) is 0.412. The molecule has 1 unspecified atom stereocenters. The first kappa shape index (κ1) is 13.4. The fourth-order valence-corrected chi connectivity index (χ4v) is 3.37. The van der Waals surface area contributed by atoms with E-state index in [1.807, 2.05) is 29.3 Å². The summed E-state index contributed by atoms with van der Waals surface area (Å²) in [5, 5.41) is 7.08. The highest BCUT2D eigenvalue weighted by Gasteiger charge is 2.30. The van der Waals surface area contributed by atoms with E-state index in [-0.39, 0.29) is 11.8 Å². The quantitative estimate of drug-likeness (QED) is 0.875. The molecule has 2 aliphatic rings. The minimum atomic E-state index is 0.0112. The molecule has 3 heterocycles. The molecule has 0 fully saturated rings. The molecule has 0 spiro atoms. The van der Waals surface area contributed by atoms with Crippen LogP contribution in [0, 0.1) is 5.92 Å². The predicted molar refractivity (Wildman–Crippen MR) is 81.5 cm³/mol. The van der Waals surface area contributed by atoms with E-state index in [0.29, 0.717) is 13.2 Å². The van der Waals surface area contributed by atoms with E-state index in [2.05, 4.69) is 16.3 Å². The molecule has 4 rings (SSSR count). The van der Waals surface area contributed by atoms with Crippen LogP contribution in [0.25, 0.3) is 0 Å². The van der Waals surface area contributed by atoms with Gasteiger partial charge in [0.15, 0.2) is 0 Å². The number of carbonyl (C=O) groups is 1. The Morgan fingerprint density at radius 1 is 1.32 bits per heavy atom. The maximum absolute atomic E-state index is 12.9. The fourth-order valence-electron chi connectivity index (χ4n) is 3.37. The number of rotatable bonds is 1. The van der Waals surface area contributed by atoms with Gasteiger partial charge in [-0.2, -0.15) is 5.10 Å². The second-order valence-corrected chi connectivity index (χ2v) is 6.03. The molecule has 1 atom stereocenters. The van der Waals surface area contributed by atoms with Gasteiger partial charge in [-0.25, -0.2) is 0 Å². The highest BCUT2D eigenvalue weighted by molar-refractivity contribution is 5.79. The van der Waals surface area contributed by atoms with E-state index in [0.717, 1.165) is 42.7 Å². The first-order chi connectivity index (χ1) is 10.8. The SMILES string of the molecule is O=C(C1CCOc2ccccc2C1)N1CCc2[nH]ncc2C1. The number of H-pyrrole nitrogens is 1. The summed E-state index contributed by atoms with van der Waals surface area (Å²) in [5.41, 5.74) is 3.45. The molecule has 0 saturated carbocycles. The lowest BCUT2D eigenvalue weighted by atomic mass is 9.94. The molecule has 1 N–H and O–H groups in total. The zero-order chi connectivity index (χ0) is 14.9. The standard InChI is InChI=1S/C17H19N3O2/c21-17(20-7-5-15-14(11-20)10-18-19-15)13-6-8-22-16-4-2-1-3-12(16)9-13/h1-4,10,13H,5-9,11H2,(H,18,19). The van der Waals surface area contributed by atoms with Crippen LogP contribution in [0.1, 0.15) is 23.2 Å². The van der Waals surface area contributed by atoms with Gasteiger partial charge >= 0.3 is 0 Å². The summed E-state index contributed by atoms with van der Waals surface area (Å²) in [6.45, 7) is 2.05. The molecule has 0 saturated heterocycles. The van der Waals surface area contributed by atoms with Crippen LogP contribution in [0.4, 0.5) is 0 Å². The van der Waals surface area contributed by atoms with E-state index in [1.165, 1.54) is 5.69 Å². The average molecular weight is 297 g/mol. The Morgan fingerprint density at radius 3 is 3.18 bits per heavy atom. The van der Waals surface area contributed by atoms with Crippen molar-refractivity contribution < 1.29 is 9.53 Å². The van der Waals surface area contributed by atoms with Crippen molar-refractivity contribution >= 4 is 5.91 Å². The highest BCUT2D eigenvalue weighted by Crippen LogP contribution is 2.28. The molecule has 1 aromatic carbocycles. The van der Waals surface area contributed by atoms with Crippen molar-refractivity contribution in [1.29, 1.82) is 0 Å². The molecule has 114 valence electrons. The molecule has 2 aromatic rings. The number of nitrogens with one attached hydrogen (secondary N) is 1. The van der Waals surface area contributed by atoms with Gasteiger partial charge in [-0.05, 0) is 24.5 Å². The smallest absolute Gasteiger partial charge is 0.226 e. The Balaban J connectivity index is 1.51. The summed E-state index contributed by atoms with van der Waals surface area (Å²) in [5.74, 6) is 1.18. The molecular formula is C17H19N3O2. The number of para-hydroxylation sites is 1. The van der Waals surface area contributed by atoms with E-state index in [9.17, 15) is 4.79 Å². The number of aromatic nitrogens is 2. The van der Waals surface area contributed by atoms with Crippen LogP contribution in [0.2, 0.25) is 0 Å². The summed E-state index contributed by atoms with van der Waals surface area (Å²) in [6, 6.07) is 8.03. The minimum absolute atomic E-state index is 0.0112. The molecule has 1 aromatic heterocycles. The number of aromatic amines is 1. The molecule has 5 nitrogen and oxygen atoms in total. The summed E-state index contributed by atoms with van der Waals surface area (Å²) >= 11 is 0. The molecule has 0 bridgehead atoms. The van der Waals surface area contributed by atoms with E-state index < -0.39 is 0 Å². The number of ether oxygens (including phenoxy) is 1. The Morgan fingerprint density at radius 2 is 2.23 bits per heavy atom. The molecular weight excluding hydrogens is 278 g/mol. The number of amides is 1. The van der Waals surface area contributed by atoms with Gasteiger partial charge in [0.05, 0.1) is 12.8 Å². The van der Waals surface area contributed by atoms with Gasteiger partial charge in [0.25, 0.3) is 0 Å². The second-order valence-electron chi connectivity index (χ2n) is 6.03. The van der Waals surface area contributed by atoms with Crippen LogP contribution < -0.4 is 4.74 Å². The first-order valence-corrected chi connectivity index (χ1v) is 7.82. The second kappa shape index (κ2) is 5.48. The topological polar surface area (TPSA) is 58.2 Å². The Bertz CT molecular complexity index is 695. The summed E-state index contributed by atoms with van der Waals surface area (Å²) in [6.07, 6.45) is 4.24. The molecule has 0 aliphatic carbocycles. The van der Waals surface area contributed by atoms with Crippen molar-refractivity contribution in [1.82, 2.24) is 15.1 Å². The number of benzene rings is 1. The Kier molecular flexibility index (Phi) is 3.33. The van der Waals surface area contributed by atoms with Gasteiger partial charge < -0.3 is 9.64 Å². The van der Waals surface area contributed by atoms with E-state index in [1.54, 1.807) is 0 Å². The van der Waals surface area contributed by atoms with Gasteiger partial charge in [0.1, 0.15) is 5.75 Å². The molecule has 0 radical (unpaired) electrons. The summed E-state index contributed by atoms with van der Waals surface area (Å²) in [4.78, 5) is 14.9. The number of fused-ring (bicyclic) bond motifs is 2. The maximum atomic E-state index is 12.9. The molecule has 22 heavy (non-hydrogen) atoms. The molecule has 1 amide bonds. The van der Waals surface area contributed by atoms with Gasteiger partial charge in [0, 0.05) is 36.7 Å². The lowest BCUT2D eigenvalue weighted by Crippen LogP contribution is -2.40. The predicted octanol–water partition coefficient (Wildman–Crippen LogP) is 1.94. The van der Waals surface area contributed by atoms with Crippen molar-refractivity contribution in [2.45, 2.75) is 25.8 Å². The van der Waals surface area contributed by atoms with Crippen LogP contribution in [0.3, 0.4) is 0 Å². The first-order valence-electron chi connectivity index (χ1n) is 7.82. The van der Waals surface area contributed by atoms with E-state index in [4.69, 9.17) is 4.74 Å². The minimum Gasteiger partial charge on any atom is -0.493 e. The zero-order valence-electron chi connectivity index (χ0n) is 12.4. The third kappa shape index (κ3) is 2.36. The van der Waals surface area contributed by atoms with Crippen molar-refractivity contribution in [3.8, 4) is 5.75 Å². The van der Waals surface area contributed by atoms with E-state index >= 15 is 0 Å². The van der Waals surface area contributed by atoms with Gasteiger partial charge in [-0.15, -0.1) is 0 Å². The number of carbonyl (C=O) groups excluding carboxylic acids is 1. The van der Waals surface area contributed by atoms with Crippen molar-refractivity contribution in [2.24, 2.45) is 5.92 Å². The van der Waals surface area contributed by atoms with Crippen LogP contribution in [-0.4, -0.2) is 34.2 Å². The van der Waals surface area contributed by atoms with Crippen molar-refractivity contribution in [3.05, 3.63) is 47.3 Å². The Hall–Kier alpha value is -2.30. The third-order valence-corrected chi connectivity index (χ3v) is 4.62. The summed E-state index contributed by atoms with van der Waals surface area (Å²) in [7, 11) is 0. The van der Waals surface area contributed by atoms with Crippen molar-refractivity contribution in [3.63, 3.8) is 0 Å². The lowest BCUT2D eigenvalue weighted by molar-refractivity contribution is -0.136. The normalized spacial score (nSPS) is 20.5. The summed E-state index contributed by atoms with van der Waals surface area (Å²) < 4.78 is 5.77. The largest absolute Gasteiger partial charge is 0.493 e. The van der Waals surface area contributed by atoms with Crippen LogP contribution in [0.15, 0.2) is 30.5 Å². The number of hydrogen-bond acceptors (Lipinski definition) is 3. The monoisotopic (exact) mass is 297 g/mol. The number of hydrogen-bond donors (Lipinski definition) is 1. The highest BCUT2D eigenvalue weighted by atomic mass is 16.5. The third-order valence-electron chi connectivity index (χ3n) is 4.62. The van der Waals surface area contributed by atoms with Crippen LogP contribution in [-0.2, 0) is 24.2 Å². The Labute approximate surface area is 129 Å². The van der Waals surface area contributed by atoms with Gasteiger partial charge in [-0.3, -0.25) is 9.89 Å². The van der Waals surface area contributed by atoms with Crippen LogP contribution >= 0.6 is 0 Å². The average Bonchev–Trinajstić information content (AvgIpc) is 2.91.